The molecule has 1 aliphatic carbocycles. The fraction of sp³-hybridized carbons (Fsp3) is 0.625. The van der Waals surface area contributed by atoms with E-state index >= 15 is 0 Å². The number of phenols is 1. The molecule has 1 aromatic rings. The summed E-state index contributed by atoms with van der Waals surface area (Å²) in [7, 11) is 1.54. The molecule has 1 saturated carbocycles. The summed E-state index contributed by atoms with van der Waals surface area (Å²) in [6.07, 6.45) is 4.00. The number of methoxy groups -OCH3 is 1. The van der Waals surface area contributed by atoms with Crippen LogP contribution in [0.25, 0.3) is 0 Å². The maximum absolute atomic E-state index is 10.5. The van der Waals surface area contributed by atoms with Gasteiger partial charge < -0.3 is 20.3 Å². The van der Waals surface area contributed by atoms with Crippen molar-refractivity contribution in [1.29, 1.82) is 0 Å². The highest BCUT2D eigenvalue weighted by molar-refractivity contribution is 5.45. The Morgan fingerprint density at radius 1 is 1.45 bits per heavy atom. The van der Waals surface area contributed by atoms with Crippen molar-refractivity contribution in [3.63, 3.8) is 0 Å². The molecule has 0 bridgehead atoms. The molecule has 3 N–H and O–H groups in total. The van der Waals surface area contributed by atoms with Crippen LogP contribution in [0.2, 0.25) is 0 Å². The number of hydrogen-bond acceptors (Lipinski definition) is 4. The number of para-hydroxylation sites is 1. The van der Waals surface area contributed by atoms with Crippen LogP contribution in [0.15, 0.2) is 18.2 Å². The van der Waals surface area contributed by atoms with Crippen LogP contribution in [0, 0.1) is 5.92 Å². The van der Waals surface area contributed by atoms with Crippen molar-refractivity contribution in [2.24, 2.45) is 5.92 Å². The molecular formula is C16H25NO3. The summed E-state index contributed by atoms with van der Waals surface area (Å²) < 4.78 is 5.09. The summed E-state index contributed by atoms with van der Waals surface area (Å²) in [5, 5.41) is 23.8. The van der Waals surface area contributed by atoms with Gasteiger partial charge in [0.25, 0.3) is 0 Å². The molecule has 4 nitrogen and oxygen atoms in total. The number of phenolic OH excluding ortho intramolecular Hbond substituents is 1. The van der Waals surface area contributed by atoms with Gasteiger partial charge in [0.2, 0.25) is 0 Å². The monoisotopic (exact) mass is 279 g/mol. The zero-order chi connectivity index (χ0) is 14.6. The second-order valence-corrected chi connectivity index (χ2v) is 6.00. The third-order valence-corrected chi connectivity index (χ3v) is 4.14. The van der Waals surface area contributed by atoms with Gasteiger partial charge >= 0.3 is 0 Å². The van der Waals surface area contributed by atoms with Crippen LogP contribution in [-0.2, 0) is 6.54 Å². The predicted octanol–water partition coefficient (Wildman–Crippen LogP) is 2.43. The summed E-state index contributed by atoms with van der Waals surface area (Å²) in [6.45, 7) is 3.28. The predicted molar refractivity (Wildman–Crippen MR) is 78.9 cm³/mol. The molecule has 1 fully saturated rings. The zero-order valence-corrected chi connectivity index (χ0v) is 12.4. The van der Waals surface area contributed by atoms with Gasteiger partial charge in [-0.2, -0.15) is 0 Å². The molecule has 0 radical (unpaired) electrons. The van der Waals surface area contributed by atoms with Crippen LogP contribution in [0.4, 0.5) is 0 Å². The van der Waals surface area contributed by atoms with Crippen molar-refractivity contribution in [1.82, 2.24) is 5.32 Å². The second-order valence-electron chi connectivity index (χ2n) is 6.00. The molecule has 2 unspecified atom stereocenters. The van der Waals surface area contributed by atoms with Gasteiger partial charge in [-0.1, -0.05) is 31.9 Å². The van der Waals surface area contributed by atoms with Crippen LogP contribution >= 0.6 is 0 Å². The lowest BCUT2D eigenvalue weighted by atomic mass is 9.79. The lowest BCUT2D eigenvalue weighted by Crippen LogP contribution is -2.43. The number of nitrogens with one attached hydrogen (secondary N) is 1. The second kappa shape index (κ2) is 6.46. The quantitative estimate of drug-likeness (QED) is 0.774. The molecule has 0 spiro atoms. The molecule has 0 amide bonds. The number of ether oxygens (including phenoxy) is 1. The van der Waals surface area contributed by atoms with Crippen molar-refractivity contribution in [3.05, 3.63) is 23.8 Å². The van der Waals surface area contributed by atoms with E-state index in [4.69, 9.17) is 4.74 Å². The van der Waals surface area contributed by atoms with Gasteiger partial charge in [0.05, 0.1) is 12.7 Å². The third kappa shape index (κ3) is 3.64. The molecule has 1 aliphatic rings. The summed E-state index contributed by atoms with van der Waals surface area (Å²) in [5.41, 5.74) is 0.184. The largest absolute Gasteiger partial charge is 0.504 e. The number of rotatable bonds is 5. The maximum Gasteiger partial charge on any atom is 0.162 e. The molecule has 0 saturated heterocycles. The van der Waals surface area contributed by atoms with E-state index in [2.05, 4.69) is 12.2 Å². The maximum atomic E-state index is 10.5. The van der Waals surface area contributed by atoms with Gasteiger partial charge in [-0.05, 0) is 24.8 Å². The van der Waals surface area contributed by atoms with Crippen LogP contribution in [-0.4, -0.2) is 29.5 Å². The van der Waals surface area contributed by atoms with E-state index in [0.717, 1.165) is 24.8 Å². The van der Waals surface area contributed by atoms with Crippen molar-refractivity contribution >= 4 is 0 Å². The van der Waals surface area contributed by atoms with Gasteiger partial charge in [0.15, 0.2) is 11.5 Å². The third-order valence-electron chi connectivity index (χ3n) is 4.14. The van der Waals surface area contributed by atoms with Crippen LogP contribution in [0.3, 0.4) is 0 Å². The van der Waals surface area contributed by atoms with Crippen LogP contribution < -0.4 is 10.1 Å². The van der Waals surface area contributed by atoms with Crippen molar-refractivity contribution in [2.45, 2.75) is 44.8 Å². The van der Waals surface area contributed by atoms with Gasteiger partial charge in [-0.3, -0.25) is 0 Å². The van der Waals surface area contributed by atoms with E-state index in [-0.39, 0.29) is 5.75 Å². The van der Waals surface area contributed by atoms with Gasteiger partial charge in [-0.25, -0.2) is 0 Å². The Labute approximate surface area is 120 Å². The molecule has 20 heavy (non-hydrogen) atoms. The number of benzene rings is 1. The normalized spacial score (nSPS) is 26.4. The van der Waals surface area contributed by atoms with Gasteiger partial charge in [0.1, 0.15) is 0 Å². The Hall–Kier alpha value is -1.26. The molecule has 1 aromatic carbocycles. The van der Waals surface area contributed by atoms with E-state index in [0.29, 0.717) is 24.8 Å². The average molecular weight is 279 g/mol. The highest BCUT2D eigenvalue weighted by Gasteiger charge is 2.32. The average Bonchev–Trinajstić information content (AvgIpc) is 2.40. The molecule has 4 heteroatoms. The first kappa shape index (κ1) is 15.1. The molecule has 2 rings (SSSR count). The van der Waals surface area contributed by atoms with E-state index in [1.54, 1.807) is 13.2 Å². The molecule has 2 atom stereocenters. The summed E-state index contributed by atoms with van der Waals surface area (Å²) >= 11 is 0. The Balaban J connectivity index is 1.89. The Morgan fingerprint density at radius 3 is 2.95 bits per heavy atom. The lowest BCUT2D eigenvalue weighted by molar-refractivity contribution is -0.0119. The first-order chi connectivity index (χ1) is 9.54. The standard InChI is InChI=1S/C16H25NO3/c1-12-5-4-8-16(19,9-12)11-17-10-13-6-3-7-14(20-2)15(13)18/h3,6-7,12,17-19H,4-5,8-11H2,1-2H3. The molecular weight excluding hydrogens is 254 g/mol. The van der Waals surface area contributed by atoms with Crippen molar-refractivity contribution in [2.75, 3.05) is 13.7 Å². The number of hydrogen-bond donors (Lipinski definition) is 3. The highest BCUT2D eigenvalue weighted by Crippen LogP contribution is 2.32. The SMILES string of the molecule is COc1cccc(CNCC2(O)CCCC(C)C2)c1O. The van der Waals surface area contributed by atoms with Crippen LogP contribution in [0.5, 0.6) is 11.5 Å². The Morgan fingerprint density at radius 2 is 2.25 bits per heavy atom. The highest BCUT2D eigenvalue weighted by atomic mass is 16.5. The Kier molecular flexibility index (Phi) is 4.89. The minimum absolute atomic E-state index is 0.173. The first-order valence-electron chi connectivity index (χ1n) is 7.32. The fourth-order valence-electron chi connectivity index (χ4n) is 3.10. The van der Waals surface area contributed by atoms with E-state index in [1.807, 2.05) is 12.1 Å². The molecule has 0 aromatic heterocycles. The smallest absolute Gasteiger partial charge is 0.162 e. The topological polar surface area (TPSA) is 61.7 Å². The van der Waals surface area contributed by atoms with E-state index < -0.39 is 5.60 Å². The first-order valence-corrected chi connectivity index (χ1v) is 7.32. The number of aliphatic hydroxyl groups is 1. The molecule has 0 heterocycles. The number of aromatic hydroxyl groups is 1. The minimum Gasteiger partial charge on any atom is -0.504 e. The van der Waals surface area contributed by atoms with Crippen LogP contribution in [0.1, 0.15) is 38.2 Å². The lowest BCUT2D eigenvalue weighted by Gasteiger charge is -2.35. The molecule has 112 valence electrons. The van der Waals surface area contributed by atoms with E-state index in [9.17, 15) is 10.2 Å². The minimum atomic E-state index is -0.605. The summed E-state index contributed by atoms with van der Waals surface area (Å²) in [6, 6.07) is 5.44. The Bertz CT molecular complexity index is 449. The van der Waals surface area contributed by atoms with Gasteiger partial charge in [0, 0.05) is 18.7 Å². The fourth-order valence-corrected chi connectivity index (χ4v) is 3.10. The van der Waals surface area contributed by atoms with Gasteiger partial charge in [-0.15, -0.1) is 0 Å². The van der Waals surface area contributed by atoms with Crippen molar-refractivity contribution in [3.8, 4) is 11.5 Å². The summed E-state index contributed by atoms with van der Waals surface area (Å²) in [5.74, 6) is 1.24. The summed E-state index contributed by atoms with van der Waals surface area (Å²) in [4.78, 5) is 0. The van der Waals surface area contributed by atoms with E-state index in [1.165, 1.54) is 6.42 Å². The zero-order valence-electron chi connectivity index (χ0n) is 12.4. The molecule has 0 aliphatic heterocycles. The van der Waals surface area contributed by atoms with Crippen molar-refractivity contribution < 1.29 is 14.9 Å².